The molecule has 0 saturated heterocycles. The zero-order chi connectivity index (χ0) is 15.8. The van der Waals surface area contributed by atoms with Crippen molar-refractivity contribution >= 4 is 12.0 Å². The number of aliphatic carboxylic acids is 1. The number of carbonyl (C=O) groups is 2. The van der Waals surface area contributed by atoms with Gasteiger partial charge in [0.1, 0.15) is 0 Å². The highest BCUT2D eigenvalue weighted by Crippen LogP contribution is 2.20. The Balaban J connectivity index is 4.07. The van der Waals surface area contributed by atoms with Crippen molar-refractivity contribution in [3.63, 3.8) is 0 Å². The number of carboxylic acid groups (broad SMARTS) is 1. The lowest BCUT2D eigenvalue weighted by atomic mass is 10.2. The largest absolute Gasteiger partial charge is 0.481 e. The van der Waals surface area contributed by atoms with Crippen LogP contribution in [0.15, 0.2) is 0 Å². The third-order valence-electron chi connectivity index (χ3n) is 2.59. The predicted octanol–water partition coefficient (Wildman–Crippen LogP) is 2.61. The number of hydrogen-bond donors (Lipinski definition) is 2. The standard InChI is InChI=1S/C12H21F3N2O3/c1-9(2)17(8-3-5-10(18)19)11(20)16-7-4-6-12(13,14)15/h9H,3-8H2,1-2H3,(H,16,20)(H,18,19). The number of carboxylic acids is 1. The number of alkyl halides is 3. The van der Waals surface area contributed by atoms with Gasteiger partial charge in [0.25, 0.3) is 0 Å². The Morgan fingerprint density at radius 2 is 1.85 bits per heavy atom. The minimum absolute atomic E-state index is 0.0510. The Bertz CT molecular complexity index is 320. The van der Waals surface area contributed by atoms with Crippen LogP contribution in [0.2, 0.25) is 0 Å². The fourth-order valence-corrected chi connectivity index (χ4v) is 1.58. The van der Waals surface area contributed by atoms with E-state index in [1.54, 1.807) is 13.8 Å². The molecule has 0 aromatic carbocycles. The third kappa shape index (κ3) is 9.46. The quantitative estimate of drug-likeness (QED) is 0.677. The molecule has 0 bridgehead atoms. The normalized spacial score (nSPS) is 11.5. The highest BCUT2D eigenvalue weighted by molar-refractivity contribution is 5.74. The molecule has 0 aliphatic heterocycles. The first-order chi connectivity index (χ1) is 9.13. The minimum Gasteiger partial charge on any atom is -0.481 e. The number of nitrogens with one attached hydrogen (secondary N) is 1. The fraction of sp³-hybridized carbons (Fsp3) is 0.833. The number of halogens is 3. The molecule has 118 valence electrons. The lowest BCUT2D eigenvalue weighted by Gasteiger charge is -2.26. The molecule has 0 heterocycles. The number of hydrogen-bond acceptors (Lipinski definition) is 2. The Kier molecular flexibility index (Phi) is 8.02. The summed E-state index contributed by atoms with van der Waals surface area (Å²) < 4.78 is 35.8. The summed E-state index contributed by atoms with van der Waals surface area (Å²) in [5, 5.41) is 10.9. The molecular weight excluding hydrogens is 277 g/mol. The second-order valence-electron chi connectivity index (χ2n) is 4.74. The van der Waals surface area contributed by atoms with Crippen LogP contribution < -0.4 is 5.32 Å². The highest BCUT2D eigenvalue weighted by atomic mass is 19.4. The maximum Gasteiger partial charge on any atom is 0.389 e. The molecule has 20 heavy (non-hydrogen) atoms. The van der Waals surface area contributed by atoms with E-state index < -0.39 is 24.6 Å². The van der Waals surface area contributed by atoms with Gasteiger partial charge in [0.15, 0.2) is 0 Å². The van der Waals surface area contributed by atoms with Crippen molar-refractivity contribution < 1.29 is 27.9 Å². The summed E-state index contributed by atoms with van der Waals surface area (Å²) >= 11 is 0. The average molecular weight is 298 g/mol. The van der Waals surface area contributed by atoms with Gasteiger partial charge >= 0.3 is 18.2 Å². The molecule has 8 heteroatoms. The smallest absolute Gasteiger partial charge is 0.389 e. The zero-order valence-electron chi connectivity index (χ0n) is 11.7. The molecule has 2 N–H and O–H groups in total. The molecule has 0 aromatic rings. The van der Waals surface area contributed by atoms with E-state index in [4.69, 9.17) is 5.11 Å². The van der Waals surface area contributed by atoms with Crippen LogP contribution in [-0.4, -0.2) is 47.3 Å². The SMILES string of the molecule is CC(C)N(CCCC(=O)O)C(=O)NCCCC(F)(F)F. The number of carbonyl (C=O) groups excluding carboxylic acids is 1. The molecular formula is C12H21F3N2O3. The minimum atomic E-state index is -4.22. The number of rotatable bonds is 8. The van der Waals surface area contributed by atoms with Gasteiger partial charge in [0.05, 0.1) is 0 Å². The van der Waals surface area contributed by atoms with E-state index in [0.29, 0.717) is 6.42 Å². The van der Waals surface area contributed by atoms with Crippen LogP contribution in [0.1, 0.15) is 39.5 Å². The Morgan fingerprint density at radius 1 is 1.25 bits per heavy atom. The molecule has 0 aliphatic rings. The van der Waals surface area contributed by atoms with E-state index in [1.165, 1.54) is 4.90 Å². The first-order valence-corrected chi connectivity index (χ1v) is 6.46. The first-order valence-electron chi connectivity index (χ1n) is 6.46. The first kappa shape index (κ1) is 18.5. The molecule has 0 rings (SSSR count). The highest BCUT2D eigenvalue weighted by Gasteiger charge is 2.26. The molecule has 0 radical (unpaired) electrons. The molecule has 0 saturated carbocycles. The van der Waals surface area contributed by atoms with Gasteiger partial charge in [-0.15, -0.1) is 0 Å². The summed E-state index contributed by atoms with van der Waals surface area (Å²) in [6, 6.07) is -0.612. The molecule has 0 aromatic heterocycles. The Labute approximate surface area is 116 Å². The van der Waals surface area contributed by atoms with Crippen LogP contribution >= 0.6 is 0 Å². The molecule has 5 nitrogen and oxygen atoms in total. The van der Waals surface area contributed by atoms with Gasteiger partial charge < -0.3 is 15.3 Å². The second kappa shape index (κ2) is 8.65. The topological polar surface area (TPSA) is 69.6 Å². The molecule has 0 fully saturated rings. The molecule has 0 spiro atoms. The maximum atomic E-state index is 11.9. The van der Waals surface area contributed by atoms with E-state index in [9.17, 15) is 22.8 Å². The van der Waals surface area contributed by atoms with E-state index in [2.05, 4.69) is 5.32 Å². The van der Waals surface area contributed by atoms with Crippen LogP contribution in [0.3, 0.4) is 0 Å². The van der Waals surface area contributed by atoms with Crippen molar-refractivity contribution in [3.05, 3.63) is 0 Å². The van der Waals surface area contributed by atoms with Crippen molar-refractivity contribution in [3.8, 4) is 0 Å². The number of urea groups is 1. The van der Waals surface area contributed by atoms with Crippen molar-refractivity contribution in [1.82, 2.24) is 10.2 Å². The summed E-state index contributed by atoms with van der Waals surface area (Å²) in [5.41, 5.74) is 0. The van der Waals surface area contributed by atoms with Gasteiger partial charge in [-0.2, -0.15) is 13.2 Å². The molecule has 0 aliphatic carbocycles. The third-order valence-corrected chi connectivity index (χ3v) is 2.59. The maximum absolute atomic E-state index is 11.9. The summed E-state index contributed by atoms with van der Waals surface area (Å²) in [6.45, 7) is 3.72. The number of amides is 2. The summed E-state index contributed by atoms with van der Waals surface area (Å²) in [6.07, 6.45) is -5.07. The lowest BCUT2D eigenvalue weighted by molar-refractivity contribution is -0.137. The van der Waals surface area contributed by atoms with Crippen LogP contribution in [-0.2, 0) is 4.79 Å². The van der Waals surface area contributed by atoms with Gasteiger partial charge in [0, 0.05) is 32.0 Å². The van der Waals surface area contributed by atoms with E-state index in [0.717, 1.165) is 0 Å². The zero-order valence-corrected chi connectivity index (χ0v) is 11.7. The van der Waals surface area contributed by atoms with Gasteiger partial charge in [-0.05, 0) is 26.7 Å². The van der Waals surface area contributed by atoms with Crippen LogP contribution in [0, 0.1) is 0 Å². The van der Waals surface area contributed by atoms with E-state index >= 15 is 0 Å². The summed E-state index contributed by atoms with van der Waals surface area (Å²) in [7, 11) is 0. The Morgan fingerprint density at radius 3 is 2.30 bits per heavy atom. The van der Waals surface area contributed by atoms with Gasteiger partial charge in [-0.25, -0.2) is 4.79 Å². The predicted molar refractivity (Wildman–Crippen MR) is 67.4 cm³/mol. The Hall–Kier alpha value is -1.47. The number of nitrogens with zero attached hydrogens (tertiary/aromatic N) is 1. The molecule has 2 amide bonds. The molecule has 0 unspecified atom stereocenters. The van der Waals surface area contributed by atoms with Crippen LogP contribution in [0.5, 0.6) is 0 Å². The monoisotopic (exact) mass is 298 g/mol. The van der Waals surface area contributed by atoms with Gasteiger partial charge in [0.2, 0.25) is 0 Å². The van der Waals surface area contributed by atoms with Gasteiger partial charge in [-0.3, -0.25) is 4.79 Å². The van der Waals surface area contributed by atoms with Crippen molar-refractivity contribution in [2.75, 3.05) is 13.1 Å². The summed E-state index contributed by atoms with van der Waals surface area (Å²) in [5.74, 6) is -0.945. The second-order valence-corrected chi connectivity index (χ2v) is 4.74. The summed E-state index contributed by atoms with van der Waals surface area (Å²) in [4.78, 5) is 23.6. The van der Waals surface area contributed by atoms with Crippen molar-refractivity contribution in [2.45, 2.75) is 51.7 Å². The van der Waals surface area contributed by atoms with Crippen LogP contribution in [0.4, 0.5) is 18.0 Å². The van der Waals surface area contributed by atoms with Gasteiger partial charge in [-0.1, -0.05) is 0 Å². The van der Waals surface area contributed by atoms with E-state index in [1.807, 2.05) is 0 Å². The van der Waals surface area contributed by atoms with Crippen molar-refractivity contribution in [1.29, 1.82) is 0 Å². The average Bonchev–Trinajstić information content (AvgIpc) is 2.28. The van der Waals surface area contributed by atoms with E-state index in [-0.39, 0.29) is 32.0 Å². The lowest BCUT2D eigenvalue weighted by Crippen LogP contribution is -2.45. The van der Waals surface area contributed by atoms with Crippen molar-refractivity contribution in [2.24, 2.45) is 0 Å². The van der Waals surface area contributed by atoms with Crippen LogP contribution in [0.25, 0.3) is 0 Å². The molecule has 0 atom stereocenters. The fourth-order valence-electron chi connectivity index (χ4n) is 1.58.